The summed E-state index contributed by atoms with van der Waals surface area (Å²) in [5.41, 5.74) is 1.04. The molecule has 0 radical (unpaired) electrons. The standard InChI is InChI=1S/C14H16N6O3S2/c1-19-5-10(4-15-19)16-11(21)8-24-7-9-3-13(22)20-14(17-9)25-12(18-20)6-23-2/h3-5H,6-8H2,1-2H3,(H,16,21). The second kappa shape index (κ2) is 7.76. The van der Waals surface area contributed by atoms with Crippen molar-refractivity contribution in [3.05, 3.63) is 39.5 Å². The highest BCUT2D eigenvalue weighted by molar-refractivity contribution is 7.99. The molecule has 132 valence electrons. The van der Waals surface area contributed by atoms with E-state index >= 15 is 0 Å². The monoisotopic (exact) mass is 380 g/mol. The molecule has 0 aliphatic rings. The van der Waals surface area contributed by atoms with E-state index in [0.29, 0.717) is 33.7 Å². The Kier molecular flexibility index (Phi) is 5.46. The van der Waals surface area contributed by atoms with Crippen LogP contribution in [-0.4, -0.2) is 43.1 Å². The lowest BCUT2D eigenvalue weighted by atomic mass is 10.4. The van der Waals surface area contributed by atoms with E-state index < -0.39 is 0 Å². The number of nitrogens with zero attached hydrogens (tertiary/aromatic N) is 5. The predicted molar refractivity (Wildman–Crippen MR) is 95.8 cm³/mol. The van der Waals surface area contributed by atoms with E-state index in [1.54, 1.807) is 31.2 Å². The Balaban J connectivity index is 1.59. The Morgan fingerprint density at radius 3 is 3.04 bits per heavy atom. The number of methoxy groups -OCH3 is 1. The van der Waals surface area contributed by atoms with Gasteiger partial charge in [0.15, 0.2) is 0 Å². The maximum absolute atomic E-state index is 12.1. The molecule has 0 atom stereocenters. The third-order valence-electron chi connectivity index (χ3n) is 3.08. The van der Waals surface area contributed by atoms with Gasteiger partial charge in [0.05, 0.1) is 29.9 Å². The summed E-state index contributed by atoms with van der Waals surface area (Å²) in [5, 5.41) is 11.6. The topological polar surface area (TPSA) is 103 Å². The molecule has 25 heavy (non-hydrogen) atoms. The van der Waals surface area contributed by atoms with Crippen molar-refractivity contribution in [2.24, 2.45) is 7.05 Å². The number of aryl methyl sites for hydroxylation is 1. The van der Waals surface area contributed by atoms with E-state index in [1.807, 2.05) is 0 Å². The highest BCUT2D eigenvalue weighted by atomic mass is 32.2. The van der Waals surface area contributed by atoms with E-state index in [-0.39, 0.29) is 17.2 Å². The SMILES string of the molecule is COCc1nn2c(=O)cc(CSCC(=O)Nc3cnn(C)c3)nc2s1. The van der Waals surface area contributed by atoms with Crippen molar-refractivity contribution in [3.63, 3.8) is 0 Å². The van der Waals surface area contributed by atoms with Gasteiger partial charge >= 0.3 is 0 Å². The number of carbonyl (C=O) groups is 1. The van der Waals surface area contributed by atoms with Crippen LogP contribution in [-0.2, 0) is 28.9 Å². The minimum atomic E-state index is -0.237. The van der Waals surface area contributed by atoms with E-state index in [2.05, 4.69) is 20.5 Å². The number of aromatic nitrogens is 5. The van der Waals surface area contributed by atoms with Crippen LogP contribution in [0.25, 0.3) is 4.96 Å². The smallest absolute Gasteiger partial charge is 0.275 e. The van der Waals surface area contributed by atoms with Crippen LogP contribution in [0.15, 0.2) is 23.3 Å². The van der Waals surface area contributed by atoms with Crippen molar-refractivity contribution >= 4 is 39.7 Å². The summed E-state index contributed by atoms with van der Waals surface area (Å²) >= 11 is 2.70. The zero-order valence-corrected chi connectivity index (χ0v) is 15.3. The van der Waals surface area contributed by atoms with Crippen LogP contribution in [0.3, 0.4) is 0 Å². The number of hydrogen-bond donors (Lipinski definition) is 1. The molecule has 11 heteroatoms. The van der Waals surface area contributed by atoms with Gasteiger partial charge in [0, 0.05) is 32.2 Å². The molecule has 1 N–H and O–H groups in total. The minimum absolute atomic E-state index is 0.129. The van der Waals surface area contributed by atoms with E-state index in [4.69, 9.17) is 4.74 Å². The summed E-state index contributed by atoms with van der Waals surface area (Å²) in [6.07, 6.45) is 3.31. The fourth-order valence-corrected chi connectivity index (χ4v) is 3.69. The molecule has 9 nitrogen and oxygen atoms in total. The molecule has 0 aliphatic heterocycles. The van der Waals surface area contributed by atoms with E-state index in [0.717, 1.165) is 0 Å². The molecule has 0 fully saturated rings. The molecule has 1 amide bonds. The molecule has 3 rings (SSSR count). The first-order valence-electron chi connectivity index (χ1n) is 7.29. The van der Waals surface area contributed by atoms with Crippen LogP contribution in [0.1, 0.15) is 10.7 Å². The fourth-order valence-electron chi connectivity index (χ4n) is 2.08. The number of nitrogens with one attached hydrogen (secondary N) is 1. The highest BCUT2D eigenvalue weighted by Gasteiger charge is 2.10. The number of rotatable bonds is 7. The van der Waals surface area contributed by atoms with Gasteiger partial charge in [-0.1, -0.05) is 11.3 Å². The van der Waals surface area contributed by atoms with Crippen molar-refractivity contribution < 1.29 is 9.53 Å². The largest absolute Gasteiger partial charge is 0.377 e. The maximum atomic E-state index is 12.1. The summed E-state index contributed by atoms with van der Waals surface area (Å²) in [5.74, 6) is 0.591. The molecule has 0 unspecified atom stereocenters. The number of thioether (sulfide) groups is 1. The van der Waals surface area contributed by atoms with Crippen LogP contribution in [0.5, 0.6) is 0 Å². The van der Waals surface area contributed by atoms with Gasteiger partial charge in [0.25, 0.3) is 5.56 Å². The van der Waals surface area contributed by atoms with Gasteiger partial charge in [-0.25, -0.2) is 4.98 Å². The summed E-state index contributed by atoms with van der Waals surface area (Å²) in [7, 11) is 3.35. The summed E-state index contributed by atoms with van der Waals surface area (Å²) < 4.78 is 7.90. The second-order valence-electron chi connectivity index (χ2n) is 5.15. The number of hydrogen-bond acceptors (Lipinski definition) is 8. The van der Waals surface area contributed by atoms with Gasteiger partial charge in [-0.05, 0) is 0 Å². The van der Waals surface area contributed by atoms with Crippen LogP contribution in [0.4, 0.5) is 5.69 Å². The third kappa shape index (κ3) is 4.44. The van der Waals surface area contributed by atoms with Crippen molar-refractivity contribution in [3.8, 4) is 0 Å². The average molecular weight is 380 g/mol. The Hall–Kier alpha value is -2.24. The molecule has 3 heterocycles. The van der Waals surface area contributed by atoms with Gasteiger partial charge < -0.3 is 10.1 Å². The zero-order valence-electron chi connectivity index (χ0n) is 13.6. The predicted octanol–water partition coefficient (Wildman–Crippen LogP) is 0.903. The van der Waals surface area contributed by atoms with Crippen LogP contribution in [0.2, 0.25) is 0 Å². The number of anilines is 1. The lowest BCUT2D eigenvalue weighted by Gasteiger charge is -2.02. The third-order valence-corrected chi connectivity index (χ3v) is 4.93. The molecule has 0 bridgehead atoms. The number of amides is 1. The minimum Gasteiger partial charge on any atom is -0.377 e. The Bertz CT molecular complexity index is 948. The molecule has 0 saturated carbocycles. The molecule has 0 spiro atoms. The maximum Gasteiger partial charge on any atom is 0.275 e. The van der Waals surface area contributed by atoms with E-state index in [9.17, 15) is 9.59 Å². The van der Waals surface area contributed by atoms with Gasteiger partial charge in [-0.15, -0.1) is 11.8 Å². The first kappa shape index (κ1) is 17.6. The van der Waals surface area contributed by atoms with Gasteiger partial charge in [-0.2, -0.15) is 14.7 Å². The molecule has 0 aromatic carbocycles. The molecular weight excluding hydrogens is 364 g/mol. The van der Waals surface area contributed by atoms with E-state index in [1.165, 1.54) is 33.7 Å². The van der Waals surface area contributed by atoms with Crippen molar-refractivity contribution in [1.29, 1.82) is 0 Å². The normalized spacial score (nSPS) is 11.1. The lowest BCUT2D eigenvalue weighted by molar-refractivity contribution is -0.113. The van der Waals surface area contributed by atoms with Crippen LogP contribution >= 0.6 is 23.1 Å². The summed E-state index contributed by atoms with van der Waals surface area (Å²) in [6, 6.07) is 1.44. The molecule has 3 aromatic heterocycles. The molecule has 3 aromatic rings. The number of carbonyl (C=O) groups excluding carboxylic acids is 1. The Morgan fingerprint density at radius 1 is 1.48 bits per heavy atom. The van der Waals surface area contributed by atoms with Crippen LogP contribution in [0, 0.1) is 0 Å². The first-order valence-corrected chi connectivity index (χ1v) is 9.26. The lowest BCUT2D eigenvalue weighted by Crippen LogP contribution is -2.16. The van der Waals surface area contributed by atoms with Gasteiger partial charge in [0.1, 0.15) is 5.01 Å². The second-order valence-corrected chi connectivity index (χ2v) is 7.18. The van der Waals surface area contributed by atoms with Gasteiger partial charge in [0.2, 0.25) is 10.9 Å². The van der Waals surface area contributed by atoms with Gasteiger partial charge in [-0.3, -0.25) is 14.3 Å². The highest BCUT2D eigenvalue weighted by Crippen LogP contribution is 2.15. The molecule has 0 saturated heterocycles. The quantitative estimate of drug-likeness (QED) is 0.649. The van der Waals surface area contributed by atoms with Crippen molar-refractivity contribution in [2.45, 2.75) is 12.4 Å². The summed E-state index contributed by atoms with van der Waals surface area (Å²) in [4.78, 5) is 28.9. The number of fused-ring (bicyclic) bond motifs is 1. The fraction of sp³-hybridized carbons (Fsp3) is 0.357. The Morgan fingerprint density at radius 2 is 2.32 bits per heavy atom. The average Bonchev–Trinajstić information content (AvgIpc) is 3.14. The Labute approximate surface area is 151 Å². The van der Waals surface area contributed by atoms with Crippen LogP contribution < -0.4 is 10.9 Å². The molecule has 0 aliphatic carbocycles. The van der Waals surface area contributed by atoms with Crippen molar-refractivity contribution in [1.82, 2.24) is 24.4 Å². The van der Waals surface area contributed by atoms with Crippen molar-refractivity contribution in [2.75, 3.05) is 18.2 Å². The molecular formula is C14H16N6O3S2. The zero-order chi connectivity index (χ0) is 17.8. The number of ether oxygens (including phenoxy) is 1. The summed E-state index contributed by atoms with van der Waals surface area (Å²) in [6.45, 7) is 0.339. The first-order chi connectivity index (χ1) is 12.0.